The van der Waals surface area contributed by atoms with E-state index in [1.165, 1.54) is 0 Å². The molecule has 7 nitrogen and oxygen atoms in total. The number of amides is 2. The van der Waals surface area contributed by atoms with Gasteiger partial charge in [-0.2, -0.15) is 11.8 Å². The van der Waals surface area contributed by atoms with Gasteiger partial charge in [0.2, 0.25) is 5.91 Å². The number of nitrogens with zero attached hydrogens (tertiary/aromatic N) is 3. The van der Waals surface area contributed by atoms with Crippen LogP contribution in [0.4, 0.5) is 5.69 Å². The number of nitrogens with one attached hydrogen (secondary N) is 1. The maximum absolute atomic E-state index is 12.7. The summed E-state index contributed by atoms with van der Waals surface area (Å²) in [5.41, 5.74) is 2.12. The standard InChI is InChI=1S/C21H26N4O3S/c1-15-12-19(28-23-15)18-6-3-7-25(18)14-20(26)22-17-5-2-4-16(13-17)21(27)24-8-10-29-11-9-24/h2,4-5,12-13,18H,3,6-11,14H2,1H3,(H,22,26). The number of aromatic nitrogens is 1. The number of hydrogen-bond donors (Lipinski definition) is 1. The maximum Gasteiger partial charge on any atom is 0.253 e. The molecule has 154 valence electrons. The monoisotopic (exact) mass is 414 g/mol. The summed E-state index contributed by atoms with van der Waals surface area (Å²) in [6.07, 6.45) is 1.98. The number of benzene rings is 1. The van der Waals surface area contributed by atoms with Crippen molar-refractivity contribution >= 4 is 29.3 Å². The highest BCUT2D eigenvalue weighted by Gasteiger charge is 2.30. The first-order chi connectivity index (χ1) is 14.1. The predicted molar refractivity (Wildman–Crippen MR) is 113 cm³/mol. The van der Waals surface area contributed by atoms with Crippen LogP contribution in [0.25, 0.3) is 0 Å². The fourth-order valence-corrected chi connectivity index (χ4v) is 4.84. The Balaban J connectivity index is 1.37. The molecule has 4 rings (SSSR count). The quantitative estimate of drug-likeness (QED) is 0.810. The molecular weight excluding hydrogens is 388 g/mol. The van der Waals surface area contributed by atoms with Crippen molar-refractivity contribution in [3.8, 4) is 0 Å². The highest BCUT2D eigenvalue weighted by Crippen LogP contribution is 2.32. The average Bonchev–Trinajstić information content (AvgIpc) is 3.36. The molecular formula is C21H26N4O3S. The number of hydrogen-bond acceptors (Lipinski definition) is 6. The molecule has 3 heterocycles. The third-order valence-corrected chi connectivity index (χ3v) is 6.32. The lowest BCUT2D eigenvalue weighted by atomic mass is 10.1. The molecule has 1 unspecified atom stereocenters. The molecule has 2 saturated heterocycles. The summed E-state index contributed by atoms with van der Waals surface area (Å²) in [4.78, 5) is 29.3. The van der Waals surface area contributed by atoms with Gasteiger partial charge in [-0.05, 0) is 44.5 Å². The summed E-state index contributed by atoms with van der Waals surface area (Å²) in [5.74, 6) is 2.71. The Morgan fingerprint density at radius 1 is 1.24 bits per heavy atom. The van der Waals surface area contributed by atoms with Crippen molar-refractivity contribution in [2.75, 3.05) is 43.0 Å². The topological polar surface area (TPSA) is 78.7 Å². The first-order valence-electron chi connectivity index (χ1n) is 10.0. The van der Waals surface area contributed by atoms with Crippen molar-refractivity contribution in [3.05, 3.63) is 47.3 Å². The van der Waals surface area contributed by atoms with Crippen molar-refractivity contribution in [2.45, 2.75) is 25.8 Å². The van der Waals surface area contributed by atoms with E-state index in [0.717, 1.165) is 55.4 Å². The van der Waals surface area contributed by atoms with Gasteiger partial charge in [0.15, 0.2) is 5.76 Å². The van der Waals surface area contributed by atoms with E-state index in [4.69, 9.17) is 4.52 Å². The summed E-state index contributed by atoms with van der Waals surface area (Å²) in [6.45, 7) is 4.58. The van der Waals surface area contributed by atoms with Gasteiger partial charge < -0.3 is 14.7 Å². The Hall–Kier alpha value is -2.32. The van der Waals surface area contributed by atoms with Crippen LogP contribution in [0.15, 0.2) is 34.9 Å². The van der Waals surface area contributed by atoms with Crippen LogP contribution in [0.5, 0.6) is 0 Å². The molecule has 1 atom stereocenters. The number of anilines is 1. The van der Waals surface area contributed by atoms with Crippen LogP contribution in [0, 0.1) is 6.92 Å². The molecule has 1 aromatic carbocycles. The number of thioether (sulfide) groups is 1. The lowest BCUT2D eigenvalue weighted by molar-refractivity contribution is -0.117. The molecule has 1 N–H and O–H groups in total. The molecule has 2 amide bonds. The normalized spacial score (nSPS) is 20.0. The van der Waals surface area contributed by atoms with Crippen LogP contribution in [0.1, 0.15) is 40.7 Å². The minimum atomic E-state index is -0.0906. The number of aryl methyl sites for hydroxylation is 1. The number of likely N-dealkylation sites (tertiary alicyclic amines) is 1. The van der Waals surface area contributed by atoms with Gasteiger partial charge in [0.25, 0.3) is 5.91 Å². The molecule has 0 radical (unpaired) electrons. The molecule has 2 aromatic rings. The minimum absolute atomic E-state index is 0.0293. The third kappa shape index (κ3) is 4.82. The second-order valence-corrected chi connectivity index (χ2v) is 8.76. The van der Waals surface area contributed by atoms with Gasteiger partial charge >= 0.3 is 0 Å². The van der Waals surface area contributed by atoms with Crippen LogP contribution in [0.2, 0.25) is 0 Å². The largest absolute Gasteiger partial charge is 0.359 e. The van der Waals surface area contributed by atoms with E-state index in [0.29, 0.717) is 11.3 Å². The summed E-state index contributed by atoms with van der Waals surface area (Å²) < 4.78 is 5.41. The predicted octanol–water partition coefficient (Wildman–Crippen LogP) is 2.95. The Labute approximate surface area is 174 Å². The third-order valence-electron chi connectivity index (χ3n) is 5.38. The molecule has 0 aliphatic carbocycles. The molecule has 8 heteroatoms. The van der Waals surface area contributed by atoms with Gasteiger partial charge in [0, 0.05) is 41.9 Å². The molecule has 2 aliphatic rings. The smallest absolute Gasteiger partial charge is 0.253 e. The van der Waals surface area contributed by atoms with Gasteiger partial charge in [0.05, 0.1) is 18.3 Å². The van der Waals surface area contributed by atoms with E-state index in [-0.39, 0.29) is 24.4 Å². The minimum Gasteiger partial charge on any atom is -0.359 e. The zero-order valence-electron chi connectivity index (χ0n) is 16.6. The summed E-state index contributed by atoms with van der Waals surface area (Å²) in [5, 5.41) is 6.91. The second kappa shape index (κ2) is 9.00. The highest BCUT2D eigenvalue weighted by molar-refractivity contribution is 7.99. The molecule has 0 saturated carbocycles. The van der Waals surface area contributed by atoms with E-state index in [1.807, 2.05) is 47.9 Å². The average molecular weight is 415 g/mol. The first-order valence-corrected chi connectivity index (χ1v) is 11.2. The van der Waals surface area contributed by atoms with E-state index in [9.17, 15) is 9.59 Å². The van der Waals surface area contributed by atoms with Crippen LogP contribution in [-0.2, 0) is 4.79 Å². The fraction of sp³-hybridized carbons (Fsp3) is 0.476. The van der Waals surface area contributed by atoms with Gasteiger partial charge in [-0.15, -0.1) is 0 Å². The summed E-state index contributed by atoms with van der Waals surface area (Å²) >= 11 is 1.87. The van der Waals surface area contributed by atoms with Crippen molar-refractivity contribution in [3.63, 3.8) is 0 Å². The number of carbonyl (C=O) groups excluding carboxylic acids is 2. The van der Waals surface area contributed by atoms with E-state index in [2.05, 4.69) is 15.4 Å². The zero-order chi connectivity index (χ0) is 20.2. The lowest BCUT2D eigenvalue weighted by Gasteiger charge is -2.26. The fourth-order valence-electron chi connectivity index (χ4n) is 3.94. The molecule has 2 fully saturated rings. The Bertz CT molecular complexity index is 878. The van der Waals surface area contributed by atoms with Gasteiger partial charge in [-0.25, -0.2) is 0 Å². The van der Waals surface area contributed by atoms with Crippen LogP contribution < -0.4 is 5.32 Å². The molecule has 2 aliphatic heterocycles. The lowest BCUT2D eigenvalue weighted by Crippen LogP contribution is -2.38. The van der Waals surface area contributed by atoms with Crippen molar-refractivity contribution in [2.24, 2.45) is 0 Å². The second-order valence-electron chi connectivity index (χ2n) is 7.53. The van der Waals surface area contributed by atoms with E-state index >= 15 is 0 Å². The Morgan fingerprint density at radius 3 is 2.83 bits per heavy atom. The molecule has 0 spiro atoms. The van der Waals surface area contributed by atoms with Gasteiger partial charge in [0.1, 0.15) is 0 Å². The summed E-state index contributed by atoms with van der Waals surface area (Å²) in [6, 6.07) is 9.24. The summed E-state index contributed by atoms with van der Waals surface area (Å²) in [7, 11) is 0. The van der Waals surface area contributed by atoms with Crippen molar-refractivity contribution in [1.82, 2.24) is 15.0 Å². The van der Waals surface area contributed by atoms with Gasteiger partial charge in [-0.3, -0.25) is 14.5 Å². The van der Waals surface area contributed by atoms with Crippen LogP contribution in [-0.4, -0.2) is 64.5 Å². The van der Waals surface area contributed by atoms with Crippen molar-refractivity contribution in [1.29, 1.82) is 0 Å². The molecule has 29 heavy (non-hydrogen) atoms. The van der Waals surface area contributed by atoms with E-state index < -0.39 is 0 Å². The van der Waals surface area contributed by atoms with Crippen LogP contribution in [0.3, 0.4) is 0 Å². The van der Waals surface area contributed by atoms with Gasteiger partial charge in [-0.1, -0.05) is 11.2 Å². The van der Waals surface area contributed by atoms with E-state index in [1.54, 1.807) is 6.07 Å². The Kier molecular flexibility index (Phi) is 6.20. The molecule has 1 aromatic heterocycles. The highest BCUT2D eigenvalue weighted by atomic mass is 32.2. The zero-order valence-corrected chi connectivity index (χ0v) is 17.4. The Morgan fingerprint density at radius 2 is 2.07 bits per heavy atom. The molecule has 0 bridgehead atoms. The number of rotatable bonds is 5. The van der Waals surface area contributed by atoms with Crippen molar-refractivity contribution < 1.29 is 14.1 Å². The maximum atomic E-state index is 12.7. The SMILES string of the molecule is Cc1cc(C2CCCN2CC(=O)Nc2cccc(C(=O)N3CCSCC3)c2)on1. The van der Waals surface area contributed by atoms with Crippen LogP contribution >= 0.6 is 11.8 Å². The first kappa shape index (κ1) is 20.0. The number of carbonyl (C=O) groups is 2.